The lowest BCUT2D eigenvalue weighted by Crippen LogP contribution is -2.31. The number of rotatable bonds is 5. The number of aliphatic imine (C=N–C) groups is 1. The van der Waals surface area contributed by atoms with E-state index < -0.39 is 23.8 Å². The Kier molecular flexibility index (Phi) is 5.75. The van der Waals surface area contributed by atoms with Crippen molar-refractivity contribution in [3.8, 4) is 0 Å². The maximum atomic E-state index is 12.9. The van der Waals surface area contributed by atoms with Crippen LogP contribution < -0.4 is 10.2 Å². The molecular weight excluding hydrogens is 444 g/mol. The van der Waals surface area contributed by atoms with Crippen molar-refractivity contribution in [2.75, 3.05) is 11.4 Å². The summed E-state index contributed by atoms with van der Waals surface area (Å²) in [5, 5.41) is 10.9. The van der Waals surface area contributed by atoms with E-state index in [0.717, 1.165) is 5.69 Å². The lowest BCUT2D eigenvalue weighted by molar-refractivity contribution is -0.135. The average Bonchev–Trinajstić information content (AvgIpc) is 3.25. The largest absolute Gasteiger partial charge is 0.480 e. The summed E-state index contributed by atoms with van der Waals surface area (Å²) in [5.74, 6) is -1.75. The van der Waals surface area contributed by atoms with Gasteiger partial charge < -0.3 is 10.4 Å². The van der Waals surface area contributed by atoms with Crippen LogP contribution >= 0.6 is 35.9 Å². The Hall–Kier alpha value is -2.89. The van der Waals surface area contributed by atoms with E-state index in [-0.39, 0.29) is 5.91 Å². The minimum Gasteiger partial charge on any atom is -0.480 e. The number of nitrogens with zero attached hydrogens (tertiary/aromatic N) is 3. The van der Waals surface area contributed by atoms with Crippen molar-refractivity contribution < 1.29 is 19.5 Å². The lowest BCUT2D eigenvalue weighted by Gasteiger charge is -2.17. The van der Waals surface area contributed by atoms with Crippen LogP contribution in [0.5, 0.6) is 0 Å². The van der Waals surface area contributed by atoms with Crippen LogP contribution in [0.1, 0.15) is 10.4 Å². The molecule has 1 unspecified atom stereocenters. The van der Waals surface area contributed by atoms with Crippen molar-refractivity contribution in [2.24, 2.45) is 4.99 Å². The van der Waals surface area contributed by atoms with Gasteiger partial charge in [0.2, 0.25) is 0 Å². The number of fused-ring (bicyclic) bond motifs is 1. The van der Waals surface area contributed by atoms with E-state index in [1.807, 2.05) is 30.3 Å². The Morgan fingerprint density at radius 3 is 2.63 bits per heavy atom. The number of aliphatic carboxylic acids is 1. The first kappa shape index (κ1) is 20.4. The van der Waals surface area contributed by atoms with E-state index in [9.17, 15) is 14.4 Å². The predicted molar refractivity (Wildman–Crippen MR) is 121 cm³/mol. The summed E-state index contributed by atoms with van der Waals surface area (Å²) < 4.78 is 2.38. The van der Waals surface area contributed by atoms with Gasteiger partial charge in [-0.25, -0.2) is 4.99 Å². The molecule has 0 saturated carbocycles. The molecule has 2 N–H and O–H groups in total. The first-order chi connectivity index (χ1) is 14.4. The van der Waals surface area contributed by atoms with Gasteiger partial charge in [-0.15, -0.1) is 0 Å². The summed E-state index contributed by atoms with van der Waals surface area (Å²) in [6, 6.07) is 15.8. The van der Waals surface area contributed by atoms with Gasteiger partial charge in [-0.2, -0.15) is 0 Å². The molecule has 2 saturated heterocycles. The number of thioether (sulfide) groups is 1. The number of carbonyl (C=O) groups is 3. The topological polar surface area (TPSA) is 102 Å². The fourth-order valence-corrected chi connectivity index (χ4v) is 5.67. The number of carbonyl (C=O) groups excluding carboxylic acids is 2. The second-order valence-corrected chi connectivity index (χ2v) is 8.84. The van der Waals surface area contributed by atoms with Gasteiger partial charge in [-0.3, -0.25) is 23.6 Å². The van der Waals surface area contributed by atoms with Crippen LogP contribution in [0.15, 0.2) is 59.6 Å². The number of carboxylic acids is 1. The maximum absolute atomic E-state index is 12.9. The Morgan fingerprint density at radius 1 is 1.17 bits per heavy atom. The third-order valence-corrected chi connectivity index (χ3v) is 7.05. The molecule has 2 amide bonds. The smallest absolute Gasteiger partial charge is 0.322 e. The molecule has 0 spiro atoms. The highest BCUT2D eigenvalue weighted by Gasteiger charge is 2.49. The van der Waals surface area contributed by atoms with Gasteiger partial charge in [-0.1, -0.05) is 36.0 Å². The van der Waals surface area contributed by atoms with E-state index >= 15 is 0 Å². The quantitative estimate of drug-likeness (QED) is 0.521. The van der Waals surface area contributed by atoms with E-state index in [1.54, 1.807) is 28.6 Å². The molecule has 2 aromatic rings. The van der Waals surface area contributed by atoms with Crippen LogP contribution in [-0.2, 0) is 9.59 Å². The number of thiocarbonyl (C=S) groups is 1. The molecule has 8 nitrogen and oxygen atoms in total. The Bertz CT molecular complexity index is 1050. The number of nitrogens with one attached hydrogen (secondary N) is 1. The number of carboxylic acid groups (broad SMARTS) is 1. The number of benzene rings is 2. The highest BCUT2D eigenvalue weighted by Crippen LogP contribution is 2.45. The predicted octanol–water partition coefficient (Wildman–Crippen LogP) is 2.84. The van der Waals surface area contributed by atoms with Crippen molar-refractivity contribution in [2.45, 2.75) is 5.37 Å². The molecule has 2 aliphatic heterocycles. The first-order valence-electron chi connectivity index (χ1n) is 8.69. The Morgan fingerprint density at radius 2 is 1.93 bits per heavy atom. The molecule has 1 atom stereocenters. The third kappa shape index (κ3) is 4.04. The molecule has 2 fully saturated rings. The van der Waals surface area contributed by atoms with Crippen LogP contribution in [0.3, 0.4) is 0 Å². The van der Waals surface area contributed by atoms with Crippen LogP contribution in [-0.4, -0.2) is 48.6 Å². The standard InChI is InChI=1S/C19H14N4O4S3/c24-14(25)10-20-15(26)11-5-4-6-12(9-11)21-18-29-17-16(27)22(19(28)23(17)30-18)13-7-2-1-3-8-13/h1-9,17H,10H2,(H,20,26)(H,24,25). The zero-order chi connectivity index (χ0) is 21.3. The SMILES string of the molecule is O=C(O)CNC(=O)c1cccc(N=C2SC3C(=O)N(c4ccccc4)C(=S)N3S2)c1. The highest BCUT2D eigenvalue weighted by atomic mass is 32.2. The van der Waals surface area contributed by atoms with E-state index in [2.05, 4.69) is 10.3 Å². The van der Waals surface area contributed by atoms with Gasteiger partial charge in [0, 0.05) is 17.5 Å². The van der Waals surface area contributed by atoms with Crippen molar-refractivity contribution >= 4 is 74.6 Å². The zero-order valence-electron chi connectivity index (χ0n) is 15.2. The Labute approximate surface area is 185 Å². The van der Waals surface area contributed by atoms with E-state index in [0.29, 0.717) is 20.7 Å². The minimum absolute atomic E-state index is 0.129. The van der Waals surface area contributed by atoms with Gasteiger partial charge in [0.15, 0.2) is 14.9 Å². The number of hydrogen-bond donors (Lipinski definition) is 2. The number of para-hydroxylation sites is 1. The summed E-state index contributed by atoms with van der Waals surface area (Å²) in [6.07, 6.45) is 0. The monoisotopic (exact) mass is 458 g/mol. The molecule has 0 aromatic heterocycles. The highest BCUT2D eigenvalue weighted by molar-refractivity contribution is 8.41. The summed E-state index contributed by atoms with van der Waals surface area (Å²) in [7, 11) is 0. The fourth-order valence-electron chi connectivity index (χ4n) is 2.83. The molecule has 0 aliphatic carbocycles. The summed E-state index contributed by atoms with van der Waals surface area (Å²) in [6.45, 7) is -0.461. The normalized spacial score (nSPS) is 19.3. The average molecular weight is 459 g/mol. The van der Waals surface area contributed by atoms with Gasteiger partial charge in [0.1, 0.15) is 6.54 Å². The van der Waals surface area contributed by atoms with Crippen LogP contribution in [0.25, 0.3) is 0 Å². The van der Waals surface area contributed by atoms with Crippen molar-refractivity contribution in [1.82, 2.24) is 9.62 Å². The van der Waals surface area contributed by atoms with Gasteiger partial charge in [-0.05, 0) is 42.5 Å². The summed E-state index contributed by atoms with van der Waals surface area (Å²) in [4.78, 5) is 41.6. The molecule has 152 valence electrons. The van der Waals surface area contributed by atoms with Gasteiger partial charge in [0.05, 0.1) is 11.4 Å². The number of amides is 2. The minimum atomic E-state index is -1.12. The second kappa shape index (κ2) is 8.46. The van der Waals surface area contributed by atoms with Gasteiger partial charge in [0.25, 0.3) is 11.8 Å². The van der Waals surface area contributed by atoms with Crippen LogP contribution in [0, 0.1) is 0 Å². The first-order valence-corrected chi connectivity index (χ1v) is 10.8. The lowest BCUT2D eigenvalue weighted by atomic mass is 10.2. The molecular formula is C19H14N4O4S3. The molecule has 2 aromatic carbocycles. The molecule has 2 heterocycles. The van der Waals surface area contributed by atoms with Crippen molar-refractivity contribution in [1.29, 1.82) is 0 Å². The van der Waals surface area contributed by atoms with Gasteiger partial charge >= 0.3 is 5.97 Å². The van der Waals surface area contributed by atoms with E-state index in [1.165, 1.54) is 28.6 Å². The Balaban J connectivity index is 1.49. The number of anilines is 1. The fraction of sp³-hybridized carbons (Fsp3) is 0.105. The maximum Gasteiger partial charge on any atom is 0.322 e. The van der Waals surface area contributed by atoms with Crippen LogP contribution in [0.2, 0.25) is 0 Å². The molecule has 11 heteroatoms. The molecule has 30 heavy (non-hydrogen) atoms. The zero-order valence-corrected chi connectivity index (χ0v) is 17.7. The van der Waals surface area contributed by atoms with Crippen LogP contribution in [0.4, 0.5) is 11.4 Å². The molecule has 4 rings (SSSR count). The molecule has 2 aliphatic rings. The second-order valence-electron chi connectivity index (χ2n) is 6.18. The summed E-state index contributed by atoms with van der Waals surface area (Å²) in [5.41, 5.74) is 1.54. The van der Waals surface area contributed by atoms with E-state index in [4.69, 9.17) is 17.3 Å². The van der Waals surface area contributed by atoms with Crippen molar-refractivity contribution in [3.05, 3.63) is 60.2 Å². The van der Waals surface area contributed by atoms with Crippen molar-refractivity contribution in [3.63, 3.8) is 0 Å². The third-order valence-electron chi connectivity index (χ3n) is 4.16. The molecule has 0 radical (unpaired) electrons. The molecule has 0 bridgehead atoms. The summed E-state index contributed by atoms with van der Waals surface area (Å²) >= 11 is 8.08. The number of hydrogen-bond acceptors (Lipinski definition) is 7.